The third-order valence-corrected chi connectivity index (χ3v) is 7.04. The van der Waals surface area contributed by atoms with Crippen LogP contribution < -0.4 is 16.0 Å². The van der Waals surface area contributed by atoms with Gasteiger partial charge in [0.2, 0.25) is 17.7 Å². The van der Waals surface area contributed by atoms with Crippen molar-refractivity contribution in [3.05, 3.63) is 106 Å². The molecule has 3 amide bonds. The van der Waals surface area contributed by atoms with E-state index in [1.807, 2.05) is 72.8 Å². The fourth-order valence-corrected chi connectivity index (χ4v) is 5.17. The summed E-state index contributed by atoms with van der Waals surface area (Å²) in [6.45, 7) is 2.15. The third-order valence-electron chi connectivity index (χ3n) is 7.04. The molecule has 0 aliphatic carbocycles. The van der Waals surface area contributed by atoms with Crippen molar-refractivity contribution in [1.29, 1.82) is 0 Å². The third kappa shape index (κ3) is 2.56. The van der Waals surface area contributed by atoms with E-state index in [-0.39, 0.29) is 0 Å². The fourth-order valence-electron chi connectivity index (χ4n) is 5.17. The van der Waals surface area contributed by atoms with Gasteiger partial charge in [-0.25, -0.2) is 0 Å². The largest absolute Gasteiger partial charge is 0.338 e. The minimum absolute atomic E-state index is 0.420. The number of hydrogen-bond acceptors (Lipinski definition) is 3. The molecule has 3 unspecified atom stereocenters. The molecular formula is C26H21N3O3. The topological polar surface area (TPSA) is 87.3 Å². The van der Waals surface area contributed by atoms with Gasteiger partial charge >= 0.3 is 0 Å². The van der Waals surface area contributed by atoms with E-state index in [4.69, 9.17) is 0 Å². The van der Waals surface area contributed by atoms with Crippen LogP contribution in [0.4, 0.5) is 0 Å². The quantitative estimate of drug-likeness (QED) is 0.519. The summed E-state index contributed by atoms with van der Waals surface area (Å²) in [5.74, 6) is -1.26. The van der Waals surface area contributed by atoms with Crippen molar-refractivity contribution in [1.82, 2.24) is 16.0 Å². The summed E-state index contributed by atoms with van der Waals surface area (Å²) in [4.78, 5) is 40.1. The maximum atomic E-state index is 13.4. The SMILES string of the molecule is CC12c3cccc(c3)C3NC(=O)C(NC(=O)C(NC3=O)c3cccc1c3)c1cccc2c1. The molecule has 1 saturated heterocycles. The van der Waals surface area contributed by atoms with Crippen LogP contribution in [-0.2, 0) is 19.8 Å². The van der Waals surface area contributed by atoms with Gasteiger partial charge in [-0.05, 0) is 40.3 Å². The summed E-state index contributed by atoms with van der Waals surface area (Å²) in [5.41, 5.74) is 4.49. The summed E-state index contributed by atoms with van der Waals surface area (Å²) in [6.07, 6.45) is 0. The predicted octanol–water partition coefficient (Wildman–Crippen LogP) is 2.55. The Labute approximate surface area is 185 Å². The Balaban J connectivity index is 1.81. The second-order valence-corrected chi connectivity index (χ2v) is 8.83. The van der Waals surface area contributed by atoms with Crippen molar-refractivity contribution in [3.8, 4) is 0 Å². The molecule has 0 saturated carbocycles. The summed E-state index contributed by atoms with van der Waals surface area (Å²) >= 11 is 0. The zero-order chi connectivity index (χ0) is 22.0. The van der Waals surface area contributed by atoms with Crippen molar-refractivity contribution in [3.63, 3.8) is 0 Å². The lowest BCUT2D eigenvalue weighted by molar-refractivity contribution is -0.130. The molecule has 158 valence electrons. The maximum Gasteiger partial charge on any atom is 0.248 e. The van der Waals surface area contributed by atoms with Crippen LogP contribution in [0.25, 0.3) is 0 Å². The number of hydrogen-bond donors (Lipinski definition) is 3. The number of rotatable bonds is 0. The molecule has 0 aromatic heterocycles. The second kappa shape index (κ2) is 6.53. The lowest BCUT2D eigenvalue weighted by Gasteiger charge is -2.33. The highest BCUT2D eigenvalue weighted by atomic mass is 16.2. The van der Waals surface area contributed by atoms with E-state index in [1.165, 1.54) is 0 Å². The smallest absolute Gasteiger partial charge is 0.248 e. The van der Waals surface area contributed by atoms with Crippen molar-refractivity contribution in [2.24, 2.45) is 0 Å². The average molecular weight is 423 g/mol. The molecule has 1 fully saturated rings. The van der Waals surface area contributed by atoms with Crippen LogP contribution in [0, 0.1) is 0 Å². The number of fused-ring (bicyclic) bond motifs is 3. The molecule has 3 N–H and O–H groups in total. The molecular weight excluding hydrogens is 402 g/mol. The Morgan fingerprint density at radius 3 is 1.19 bits per heavy atom. The molecule has 3 aromatic carbocycles. The van der Waals surface area contributed by atoms with Crippen molar-refractivity contribution < 1.29 is 14.4 Å². The monoisotopic (exact) mass is 423 g/mol. The first kappa shape index (κ1) is 18.8. The van der Waals surface area contributed by atoms with Crippen LogP contribution >= 0.6 is 0 Å². The van der Waals surface area contributed by atoms with E-state index in [9.17, 15) is 14.4 Å². The van der Waals surface area contributed by atoms with Gasteiger partial charge in [0.25, 0.3) is 0 Å². The molecule has 0 spiro atoms. The standard InChI is InChI=1S/C26H21N3O3/c1-26-17-8-2-5-14(11-17)20-23(30)28-22(16-7-4-10-19(26)13-16)25(32)29-21(24(31)27-20)15-6-3-9-18(26)12-15/h2-13,20-22H,1H3,(H,27,31)(H,28,30)(H,29,32). The Bertz CT molecular complexity index is 1160. The van der Waals surface area contributed by atoms with E-state index >= 15 is 0 Å². The molecule has 10 bridgehead atoms. The zero-order valence-electron chi connectivity index (χ0n) is 17.4. The number of amides is 3. The minimum atomic E-state index is -0.919. The molecule has 6 heteroatoms. The van der Waals surface area contributed by atoms with Crippen molar-refractivity contribution >= 4 is 17.7 Å². The van der Waals surface area contributed by atoms with Crippen molar-refractivity contribution in [2.45, 2.75) is 30.5 Å². The van der Waals surface area contributed by atoms with E-state index in [0.717, 1.165) is 16.7 Å². The Morgan fingerprint density at radius 2 is 0.875 bits per heavy atom. The van der Waals surface area contributed by atoms with E-state index in [2.05, 4.69) is 22.9 Å². The van der Waals surface area contributed by atoms with E-state index < -0.39 is 41.3 Å². The van der Waals surface area contributed by atoms with Gasteiger partial charge < -0.3 is 16.0 Å². The van der Waals surface area contributed by atoms with Gasteiger partial charge in [-0.3, -0.25) is 14.4 Å². The molecule has 7 rings (SSSR count). The Hall–Kier alpha value is -3.93. The highest BCUT2D eigenvalue weighted by Crippen LogP contribution is 2.42. The maximum absolute atomic E-state index is 13.4. The second-order valence-electron chi connectivity index (χ2n) is 8.83. The van der Waals surface area contributed by atoms with Crippen LogP contribution in [0.2, 0.25) is 0 Å². The molecule has 32 heavy (non-hydrogen) atoms. The van der Waals surface area contributed by atoms with Gasteiger partial charge in [0.1, 0.15) is 18.1 Å². The highest BCUT2D eigenvalue weighted by molar-refractivity contribution is 5.98. The first-order valence-corrected chi connectivity index (χ1v) is 10.7. The number of carbonyl (C=O) groups is 3. The predicted molar refractivity (Wildman–Crippen MR) is 118 cm³/mol. The van der Waals surface area contributed by atoms with Gasteiger partial charge in [0.05, 0.1) is 0 Å². The molecule has 4 aliphatic rings. The Kier molecular flexibility index (Phi) is 3.84. The zero-order valence-corrected chi connectivity index (χ0v) is 17.4. The number of carbonyl (C=O) groups excluding carboxylic acids is 3. The summed E-state index contributed by atoms with van der Waals surface area (Å²) in [5, 5.41) is 8.64. The van der Waals surface area contributed by atoms with Crippen molar-refractivity contribution in [2.75, 3.05) is 0 Å². The van der Waals surface area contributed by atoms with Gasteiger partial charge in [0, 0.05) is 5.41 Å². The first-order chi connectivity index (χ1) is 15.4. The van der Waals surface area contributed by atoms with Gasteiger partial charge in [-0.1, -0.05) is 72.8 Å². The molecule has 6 nitrogen and oxygen atoms in total. The van der Waals surface area contributed by atoms with Crippen LogP contribution in [-0.4, -0.2) is 17.7 Å². The van der Waals surface area contributed by atoms with Gasteiger partial charge in [-0.15, -0.1) is 0 Å². The molecule has 4 aliphatic heterocycles. The molecule has 3 atom stereocenters. The van der Waals surface area contributed by atoms with Crippen LogP contribution in [0.1, 0.15) is 58.4 Å². The number of nitrogens with one attached hydrogen (secondary N) is 3. The summed E-state index contributed by atoms with van der Waals surface area (Å²) in [7, 11) is 0. The Morgan fingerprint density at radius 1 is 0.562 bits per heavy atom. The van der Waals surface area contributed by atoms with Crippen LogP contribution in [0.5, 0.6) is 0 Å². The molecule has 3 aromatic rings. The number of benzene rings is 3. The van der Waals surface area contributed by atoms with E-state index in [0.29, 0.717) is 16.7 Å². The van der Waals surface area contributed by atoms with Crippen LogP contribution in [0.15, 0.2) is 72.8 Å². The van der Waals surface area contributed by atoms with E-state index in [1.54, 1.807) is 0 Å². The fraction of sp³-hybridized carbons (Fsp3) is 0.192. The lowest BCUT2D eigenvalue weighted by atomic mass is 9.70. The first-order valence-electron chi connectivity index (χ1n) is 10.7. The van der Waals surface area contributed by atoms with Crippen LogP contribution in [0.3, 0.4) is 0 Å². The summed E-state index contributed by atoms with van der Waals surface area (Å²) < 4.78 is 0. The van der Waals surface area contributed by atoms with Gasteiger partial charge in [-0.2, -0.15) is 0 Å². The normalized spacial score (nSPS) is 27.7. The summed E-state index contributed by atoms with van der Waals surface area (Å²) in [6, 6.07) is 20.6. The lowest BCUT2D eigenvalue weighted by Crippen LogP contribution is -2.42. The average Bonchev–Trinajstić information content (AvgIpc) is 2.85. The van der Waals surface area contributed by atoms with Gasteiger partial charge in [0.15, 0.2) is 0 Å². The molecule has 0 radical (unpaired) electrons. The minimum Gasteiger partial charge on any atom is -0.338 e. The molecule has 4 heterocycles. The highest BCUT2D eigenvalue weighted by Gasteiger charge is 2.40.